The topological polar surface area (TPSA) is 29.1 Å². The second-order valence-electron chi connectivity index (χ2n) is 4.04. The summed E-state index contributed by atoms with van der Waals surface area (Å²) >= 11 is 11.6. The first kappa shape index (κ1) is 14.8. The zero-order chi connectivity index (χ0) is 14.0. The van der Waals surface area contributed by atoms with E-state index in [4.69, 9.17) is 11.6 Å². The molecule has 1 N–H and O–H groups in total. The Morgan fingerprint density at radius 1 is 1.26 bits per heavy atom. The number of hydrogen-bond acceptors (Lipinski definition) is 1. The van der Waals surface area contributed by atoms with Crippen molar-refractivity contribution >= 4 is 61.7 Å². The van der Waals surface area contributed by atoms with E-state index in [0.29, 0.717) is 10.6 Å². The Hall–Kier alpha value is -0.590. The lowest BCUT2D eigenvalue weighted by molar-refractivity contribution is 0.102. The highest BCUT2D eigenvalue weighted by atomic mass is 127. The van der Waals surface area contributed by atoms with Crippen LogP contribution in [0.1, 0.15) is 15.9 Å². The van der Waals surface area contributed by atoms with Crippen molar-refractivity contribution in [1.29, 1.82) is 0 Å². The second-order valence-corrected chi connectivity index (χ2v) is 6.55. The minimum absolute atomic E-state index is 0.151. The van der Waals surface area contributed by atoms with Gasteiger partial charge in [0.25, 0.3) is 5.91 Å². The predicted octanol–water partition coefficient (Wildman–Crippen LogP) is 5.27. The molecule has 2 rings (SSSR count). The molecule has 0 saturated carbocycles. The monoisotopic (exact) mass is 449 g/mol. The third-order valence-electron chi connectivity index (χ3n) is 2.60. The molecule has 19 heavy (non-hydrogen) atoms. The maximum atomic E-state index is 12.1. The standard InChI is InChI=1S/C14H10BrClINO/c1-8-6-9(2-4-12(8)16)14(19)18-13-5-3-10(17)7-11(13)15/h2-7H,1H3,(H,18,19). The van der Waals surface area contributed by atoms with Gasteiger partial charge in [0, 0.05) is 18.6 Å². The Morgan fingerprint density at radius 2 is 2.00 bits per heavy atom. The average Bonchev–Trinajstić information content (AvgIpc) is 2.36. The molecule has 2 aromatic rings. The molecule has 0 aliphatic rings. The van der Waals surface area contributed by atoms with Crippen molar-refractivity contribution in [2.75, 3.05) is 5.32 Å². The van der Waals surface area contributed by atoms with Crippen LogP contribution in [0.25, 0.3) is 0 Å². The van der Waals surface area contributed by atoms with Crippen LogP contribution in [0.4, 0.5) is 5.69 Å². The van der Waals surface area contributed by atoms with Gasteiger partial charge in [-0.25, -0.2) is 0 Å². The van der Waals surface area contributed by atoms with Crippen molar-refractivity contribution in [2.45, 2.75) is 6.92 Å². The SMILES string of the molecule is Cc1cc(C(=O)Nc2ccc(I)cc2Br)ccc1Cl. The average molecular weight is 451 g/mol. The third-order valence-corrected chi connectivity index (χ3v) is 4.35. The van der Waals surface area contributed by atoms with E-state index in [1.54, 1.807) is 18.2 Å². The molecule has 1 amide bonds. The van der Waals surface area contributed by atoms with Crippen molar-refractivity contribution in [3.8, 4) is 0 Å². The van der Waals surface area contributed by atoms with Gasteiger partial charge in [0.15, 0.2) is 0 Å². The highest BCUT2D eigenvalue weighted by Gasteiger charge is 2.09. The summed E-state index contributed by atoms with van der Waals surface area (Å²) < 4.78 is 1.96. The van der Waals surface area contributed by atoms with Crippen LogP contribution in [0.5, 0.6) is 0 Å². The number of nitrogens with one attached hydrogen (secondary N) is 1. The fourth-order valence-electron chi connectivity index (χ4n) is 1.57. The molecular weight excluding hydrogens is 440 g/mol. The first-order chi connectivity index (χ1) is 8.97. The Labute approximate surface area is 138 Å². The molecule has 0 bridgehead atoms. The number of anilines is 1. The Morgan fingerprint density at radius 3 is 2.63 bits per heavy atom. The molecule has 0 aromatic heterocycles. The zero-order valence-corrected chi connectivity index (χ0v) is 14.5. The van der Waals surface area contributed by atoms with Crippen molar-refractivity contribution < 1.29 is 4.79 Å². The summed E-state index contributed by atoms with van der Waals surface area (Å²) in [5.41, 5.74) is 2.22. The molecule has 0 heterocycles. The summed E-state index contributed by atoms with van der Waals surface area (Å²) in [6, 6.07) is 11.0. The van der Waals surface area contributed by atoms with E-state index in [1.165, 1.54) is 0 Å². The number of carbonyl (C=O) groups excluding carboxylic acids is 1. The molecular formula is C14H10BrClINO. The van der Waals surface area contributed by atoms with Crippen LogP contribution in [0.15, 0.2) is 40.9 Å². The minimum Gasteiger partial charge on any atom is -0.321 e. The van der Waals surface area contributed by atoms with Gasteiger partial charge in [-0.2, -0.15) is 0 Å². The van der Waals surface area contributed by atoms with Crippen molar-refractivity contribution in [3.05, 3.63) is 60.6 Å². The molecule has 98 valence electrons. The van der Waals surface area contributed by atoms with Crippen LogP contribution in [0.3, 0.4) is 0 Å². The molecule has 0 radical (unpaired) electrons. The van der Waals surface area contributed by atoms with Crippen molar-refractivity contribution in [1.82, 2.24) is 0 Å². The number of rotatable bonds is 2. The molecule has 0 spiro atoms. The quantitative estimate of drug-likeness (QED) is 0.621. The van der Waals surface area contributed by atoms with Crippen LogP contribution in [-0.2, 0) is 0 Å². The molecule has 2 nitrogen and oxygen atoms in total. The van der Waals surface area contributed by atoms with Gasteiger partial charge in [-0.3, -0.25) is 4.79 Å². The molecule has 0 unspecified atom stereocenters. The van der Waals surface area contributed by atoms with E-state index in [-0.39, 0.29) is 5.91 Å². The number of halogens is 3. The van der Waals surface area contributed by atoms with E-state index in [2.05, 4.69) is 43.8 Å². The van der Waals surface area contributed by atoms with Crippen molar-refractivity contribution in [2.24, 2.45) is 0 Å². The first-order valence-corrected chi connectivity index (χ1v) is 7.75. The van der Waals surface area contributed by atoms with Crippen LogP contribution < -0.4 is 5.32 Å². The lowest BCUT2D eigenvalue weighted by atomic mass is 10.1. The summed E-state index contributed by atoms with van der Waals surface area (Å²) in [7, 11) is 0. The van der Waals surface area contributed by atoms with Crippen LogP contribution in [0, 0.1) is 10.5 Å². The molecule has 0 atom stereocenters. The van der Waals surface area contributed by atoms with Gasteiger partial charge in [-0.1, -0.05) is 11.6 Å². The zero-order valence-electron chi connectivity index (χ0n) is 10.0. The largest absolute Gasteiger partial charge is 0.321 e. The number of benzene rings is 2. The van der Waals surface area contributed by atoms with Gasteiger partial charge in [-0.05, 0) is 87.4 Å². The van der Waals surface area contributed by atoms with Crippen LogP contribution >= 0.6 is 50.1 Å². The number of aryl methyl sites for hydroxylation is 1. The summed E-state index contributed by atoms with van der Waals surface area (Å²) in [5.74, 6) is -0.151. The highest BCUT2D eigenvalue weighted by molar-refractivity contribution is 14.1. The second kappa shape index (κ2) is 6.24. The maximum Gasteiger partial charge on any atom is 0.255 e. The number of hydrogen-bond donors (Lipinski definition) is 1. The van der Waals surface area contributed by atoms with Gasteiger partial charge < -0.3 is 5.32 Å². The molecule has 0 aliphatic heterocycles. The van der Waals surface area contributed by atoms with Gasteiger partial charge in [0.2, 0.25) is 0 Å². The Bertz CT molecular complexity index is 645. The van der Waals surface area contributed by atoms with E-state index in [0.717, 1.165) is 19.3 Å². The van der Waals surface area contributed by atoms with Crippen LogP contribution in [-0.4, -0.2) is 5.91 Å². The fraction of sp³-hybridized carbons (Fsp3) is 0.0714. The highest BCUT2D eigenvalue weighted by Crippen LogP contribution is 2.25. The Balaban J connectivity index is 2.23. The van der Waals surface area contributed by atoms with Gasteiger partial charge in [0.1, 0.15) is 0 Å². The summed E-state index contributed by atoms with van der Waals surface area (Å²) in [4.78, 5) is 12.1. The molecule has 0 fully saturated rings. The molecule has 0 aliphatic carbocycles. The predicted molar refractivity (Wildman–Crippen MR) is 91.0 cm³/mol. The lowest BCUT2D eigenvalue weighted by Crippen LogP contribution is -2.12. The molecule has 2 aromatic carbocycles. The van der Waals surface area contributed by atoms with E-state index >= 15 is 0 Å². The Kier molecular flexibility index (Phi) is 4.86. The number of amides is 1. The van der Waals surface area contributed by atoms with Gasteiger partial charge >= 0.3 is 0 Å². The van der Waals surface area contributed by atoms with Crippen LogP contribution in [0.2, 0.25) is 5.02 Å². The summed E-state index contributed by atoms with van der Waals surface area (Å²) in [5, 5.41) is 3.53. The third kappa shape index (κ3) is 3.70. The van der Waals surface area contributed by atoms with Gasteiger partial charge in [-0.15, -0.1) is 0 Å². The smallest absolute Gasteiger partial charge is 0.255 e. The molecule has 0 saturated heterocycles. The van der Waals surface area contributed by atoms with E-state index in [1.807, 2.05) is 25.1 Å². The summed E-state index contributed by atoms with van der Waals surface area (Å²) in [6.45, 7) is 1.87. The van der Waals surface area contributed by atoms with Crippen molar-refractivity contribution in [3.63, 3.8) is 0 Å². The molecule has 5 heteroatoms. The summed E-state index contributed by atoms with van der Waals surface area (Å²) in [6.07, 6.45) is 0. The van der Waals surface area contributed by atoms with E-state index < -0.39 is 0 Å². The number of carbonyl (C=O) groups is 1. The minimum atomic E-state index is -0.151. The van der Waals surface area contributed by atoms with Gasteiger partial charge in [0.05, 0.1) is 5.69 Å². The first-order valence-electron chi connectivity index (χ1n) is 5.50. The maximum absolute atomic E-state index is 12.1. The fourth-order valence-corrected chi connectivity index (χ4v) is 3.09. The van der Waals surface area contributed by atoms with E-state index in [9.17, 15) is 4.79 Å². The normalized spacial score (nSPS) is 10.3. The lowest BCUT2D eigenvalue weighted by Gasteiger charge is -2.08.